The molecule has 2 nitrogen and oxygen atoms in total. The highest BCUT2D eigenvalue weighted by Gasteiger charge is 1.72. The number of nitrogen functional groups attached to an aromatic ring is 1. The van der Waals surface area contributed by atoms with Gasteiger partial charge in [0, 0.05) is 5.69 Å². The molecule has 1 rings (SSSR count). The summed E-state index contributed by atoms with van der Waals surface area (Å²) in [7, 11) is 0. The van der Waals surface area contributed by atoms with Crippen LogP contribution in [0, 0.1) is 0 Å². The third-order valence-electron chi connectivity index (χ3n) is 0.800. The van der Waals surface area contributed by atoms with Crippen LogP contribution >= 0.6 is 0 Å². The van der Waals surface area contributed by atoms with E-state index >= 15 is 0 Å². The van der Waals surface area contributed by atoms with Crippen LogP contribution in [0.1, 0.15) is 0 Å². The summed E-state index contributed by atoms with van der Waals surface area (Å²) in [6.07, 6.45) is 0. The van der Waals surface area contributed by atoms with Crippen molar-refractivity contribution in [2.75, 3.05) is 5.73 Å². The highest BCUT2D eigenvalue weighted by Crippen LogP contribution is 1.95. The first-order chi connectivity index (χ1) is 4.39. The second kappa shape index (κ2) is 5.18. The van der Waals surface area contributed by atoms with Gasteiger partial charge in [0.2, 0.25) is 0 Å². The molecule has 0 spiro atoms. The zero-order chi connectivity index (χ0) is 7.11. The summed E-state index contributed by atoms with van der Waals surface area (Å²) in [4.78, 5) is 0. The van der Waals surface area contributed by atoms with Crippen LogP contribution in [0.2, 0.25) is 0 Å². The van der Waals surface area contributed by atoms with Crippen molar-refractivity contribution in [1.29, 1.82) is 0 Å². The summed E-state index contributed by atoms with van der Waals surface area (Å²) in [5.41, 5.74) is 6.18. The number of hydrogen-bond donors (Lipinski definition) is 1. The predicted molar refractivity (Wildman–Crippen MR) is 39.0 cm³/mol. The fourth-order valence-corrected chi connectivity index (χ4v) is 0.453. The lowest BCUT2D eigenvalue weighted by molar-refractivity contribution is 0.702. The SMILES string of the molecule is Nc1ccccc1.O=S. The molecule has 0 bridgehead atoms. The molecule has 0 fully saturated rings. The Labute approximate surface area is 59.2 Å². The second-order valence-corrected chi connectivity index (χ2v) is 1.41. The quantitative estimate of drug-likeness (QED) is 0.546. The molecule has 0 aliphatic carbocycles. The summed E-state index contributed by atoms with van der Waals surface area (Å²) in [5, 5.41) is 0. The topological polar surface area (TPSA) is 43.1 Å². The lowest BCUT2D eigenvalue weighted by Gasteiger charge is -1.83. The standard InChI is InChI=1S/C6H7N.OS/c7-6-4-2-1-3-5-6;1-2/h1-5H,7H2;. The van der Waals surface area contributed by atoms with Crippen LogP contribution in [-0.2, 0) is 12.5 Å². The van der Waals surface area contributed by atoms with Gasteiger partial charge < -0.3 is 5.73 Å². The Morgan fingerprint density at radius 2 is 1.56 bits per heavy atom. The lowest BCUT2D eigenvalue weighted by Crippen LogP contribution is -1.79. The van der Waals surface area contributed by atoms with Crippen molar-refractivity contribution in [3.05, 3.63) is 30.3 Å². The average molecular weight is 141 g/mol. The first-order valence-electron chi connectivity index (χ1n) is 2.37. The van der Waals surface area contributed by atoms with Crippen molar-refractivity contribution in [3.63, 3.8) is 0 Å². The minimum atomic E-state index is 0.822. The zero-order valence-electron chi connectivity index (χ0n) is 4.78. The Morgan fingerprint density at radius 3 is 1.78 bits per heavy atom. The molecule has 9 heavy (non-hydrogen) atoms. The largest absolute Gasteiger partial charge is 0.399 e. The van der Waals surface area contributed by atoms with E-state index in [0.717, 1.165) is 5.69 Å². The average Bonchev–Trinajstić information content (AvgIpc) is 1.94. The summed E-state index contributed by atoms with van der Waals surface area (Å²) in [6, 6.07) is 9.49. The minimum Gasteiger partial charge on any atom is -0.399 e. The van der Waals surface area contributed by atoms with Crippen molar-refractivity contribution in [2.24, 2.45) is 0 Å². The first-order valence-corrected chi connectivity index (χ1v) is 2.70. The van der Waals surface area contributed by atoms with E-state index in [1.165, 1.54) is 0 Å². The molecule has 2 N–H and O–H groups in total. The van der Waals surface area contributed by atoms with Gasteiger partial charge in [-0.05, 0) is 12.1 Å². The molecular weight excluding hydrogens is 134 g/mol. The maximum atomic E-state index is 7.83. The molecule has 0 atom stereocenters. The summed E-state index contributed by atoms with van der Waals surface area (Å²) < 4.78 is 7.83. The van der Waals surface area contributed by atoms with E-state index in [9.17, 15) is 0 Å². The van der Waals surface area contributed by atoms with Gasteiger partial charge in [0.15, 0.2) is 12.5 Å². The highest BCUT2D eigenvalue weighted by molar-refractivity contribution is 7.44. The normalized spacial score (nSPS) is 7.11. The van der Waals surface area contributed by atoms with Gasteiger partial charge in [-0.3, -0.25) is 0 Å². The fraction of sp³-hybridized carbons (Fsp3) is 0. The van der Waals surface area contributed by atoms with Gasteiger partial charge >= 0.3 is 0 Å². The molecule has 0 unspecified atom stereocenters. The third kappa shape index (κ3) is 3.61. The van der Waals surface area contributed by atoms with Crippen molar-refractivity contribution in [2.45, 2.75) is 0 Å². The molecule has 48 valence electrons. The molecule has 0 saturated carbocycles. The lowest BCUT2D eigenvalue weighted by atomic mass is 10.3. The van der Waals surface area contributed by atoms with E-state index in [-0.39, 0.29) is 0 Å². The van der Waals surface area contributed by atoms with Crippen LogP contribution < -0.4 is 5.73 Å². The molecular formula is C6H7NOS. The fourth-order valence-electron chi connectivity index (χ4n) is 0.453. The van der Waals surface area contributed by atoms with Gasteiger partial charge in [0.25, 0.3) is 0 Å². The Hall–Kier alpha value is -0.960. The van der Waals surface area contributed by atoms with Crippen LogP contribution in [0.5, 0.6) is 0 Å². The molecule has 0 amide bonds. The van der Waals surface area contributed by atoms with Crippen LogP contribution in [-0.4, -0.2) is 4.21 Å². The molecule has 0 heterocycles. The molecule has 0 aliphatic heterocycles. The van der Waals surface area contributed by atoms with Crippen LogP contribution in [0.4, 0.5) is 5.69 Å². The molecule has 1 aromatic carbocycles. The summed E-state index contributed by atoms with van der Waals surface area (Å²) >= 11 is 2.83. The van der Waals surface area contributed by atoms with Gasteiger partial charge in [0.1, 0.15) is 0 Å². The van der Waals surface area contributed by atoms with Crippen LogP contribution in [0.3, 0.4) is 0 Å². The number of benzene rings is 1. The summed E-state index contributed by atoms with van der Waals surface area (Å²) in [6.45, 7) is 0. The van der Waals surface area contributed by atoms with E-state index in [0.29, 0.717) is 0 Å². The Kier molecular flexibility index (Phi) is 4.63. The van der Waals surface area contributed by atoms with E-state index in [4.69, 9.17) is 9.94 Å². The van der Waals surface area contributed by atoms with E-state index in [1.54, 1.807) is 0 Å². The number of anilines is 1. The Morgan fingerprint density at radius 1 is 1.11 bits per heavy atom. The molecule has 0 aromatic heterocycles. The number of nitrogens with two attached hydrogens (primary N) is 1. The minimum absolute atomic E-state index is 0.822. The van der Waals surface area contributed by atoms with E-state index in [1.807, 2.05) is 30.3 Å². The second-order valence-electron chi connectivity index (χ2n) is 1.41. The first kappa shape index (κ1) is 8.04. The third-order valence-corrected chi connectivity index (χ3v) is 0.800. The number of rotatable bonds is 0. The van der Waals surface area contributed by atoms with Crippen molar-refractivity contribution >= 4 is 18.2 Å². The van der Waals surface area contributed by atoms with Crippen molar-refractivity contribution < 1.29 is 4.21 Å². The van der Waals surface area contributed by atoms with E-state index in [2.05, 4.69) is 12.5 Å². The zero-order valence-corrected chi connectivity index (χ0v) is 5.60. The molecule has 0 aliphatic rings. The van der Waals surface area contributed by atoms with Gasteiger partial charge in [-0.2, -0.15) is 4.21 Å². The summed E-state index contributed by atoms with van der Waals surface area (Å²) in [5.74, 6) is 0. The van der Waals surface area contributed by atoms with Gasteiger partial charge in [-0.1, -0.05) is 18.2 Å². The van der Waals surface area contributed by atoms with E-state index < -0.39 is 0 Å². The van der Waals surface area contributed by atoms with Crippen LogP contribution in [0.15, 0.2) is 30.3 Å². The van der Waals surface area contributed by atoms with Crippen molar-refractivity contribution in [3.8, 4) is 0 Å². The number of hydrogen-bond acceptors (Lipinski definition) is 3. The van der Waals surface area contributed by atoms with Gasteiger partial charge in [-0.25, -0.2) is 0 Å². The maximum Gasteiger partial charge on any atom is 0.197 e. The molecule has 3 heteroatoms. The monoisotopic (exact) mass is 141 g/mol. The van der Waals surface area contributed by atoms with Crippen molar-refractivity contribution in [1.82, 2.24) is 0 Å². The molecule has 0 radical (unpaired) electrons. The Balaban J connectivity index is 0.000000291. The molecule has 0 saturated heterocycles. The van der Waals surface area contributed by atoms with Gasteiger partial charge in [-0.15, -0.1) is 0 Å². The predicted octanol–water partition coefficient (Wildman–Crippen LogP) is 0.933. The maximum absolute atomic E-state index is 7.83. The van der Waals surface area contributed by atoms with Gasteiger partial charge in [0.05, 0.1) is 0 Å². The Bertz CT molecular complexity index is 154. The number of para-hydroxylation sites is 1. The van der Waals surface area contributed by atoms with Crippen LogP contribution in [0.25, 0.3) is 0 Å². The highest BCUT2D eigenvalue weighted by atomic mass is 32.1. The molecule has 1 aromatic rings. The smallest absolute Gasteiger partial charge is 0.197 e.